The van der Waals surface area contributed by atoms with Crippen LogP contribution in [0.15, 0.2) is 82.2 Å². The summed E-state index contributed by atoms with van der Waals surface area (Å²) in [6, 6.07) is 20.9. The third-order valence-electron chi connectivity index (χ3n) is 4.18. The standard InChI is InChI=1S/C21H20BrNO4S/c1-26-19-12-16(13-20(14-19)27-2)15-23(18-10-8-17(22)9-11-18)28(24,25)21-6-4-3-5-7-21/h3-14H,15H2,1-2H3. The molecule has 0 amide bonds. The molecule has 0 spiro atoms. The number of hydrogen-bond acceptors (Lipinski definition) is 4. The van der Waals surface area contributed by atoms with Crippen LogP contribution in [-0.2, 0) is 16.6 Å². The van der Waals surface area contributed by atoms with Crippen LogP contribution < -0.4 is 13.8 Å². The molecule has 7 heteroatoms. The normalized spacial score (nSPS) is 11.1. The number of hydrogen-bond donors (Lipinski definition) is 0. The summed E-state index contributed by atoms with van der Waals surface area (Å²) < 4.78 is 39.6. The molecule has 146 valence electrons. The average molecular weight is 462 g/mol. The number of nitrogens with zero attached hydrogens (tertiary/aromatic N) is 1. The fraction of sp³-hybridized carbons (Fsp3) is 0.143. The van der Waals surface area contributed by atoms with E-state index in [1.807, 2.05) is 12.1 Å². The van der Waals surface area contributed by atoms with E-state index in [1.165, 1.54) is 4.31 Å². The Morgan fingerprint density at radius 3 is 1.96 bits per heavy atom. The molecular weight excluding hydrogens is 442 g/mol. The van der Waals surface area contributed by atoms with E-state index in [1.54, 1.807) is 74.9 Å². The first-order valence-corrected chi connectivity index (χ1v) is 10.7. The molecular formula is C21H20BrNO4S. The van der Waals surface area contributed by atoms with Crippen molar-refractivity contribution in [3.05, 3.63) is 82.8 Å². The largest absolute Gasteiger partial charge is 0.497 e. The summed E-state index contributed by atoms with van der Waals surface area (Å²) in [6.07, 6.45) is 0. The van der Waals surface area contributed by atoms with E-state index in [-0.39, 0.29) is 11.4 Å². The Morgan fingerprint density at radius 1 is 0.857 bits per heavy atom. The van der Waals surface area contributed by atoms with Crippen LogP contribution in [-0.4, -0.2) is 22.6 Å². The van der Waals surface area contributed by atoms with E-state index in [0.29, 0.717) is 17.2 Å². The molecule has 0 aliphatic rings. The Hall–Kier alpha value is -2.51. The zero-order valence-electron chi connectivity index (χ0n) is 15.5. The van der Waals surface area contributed by atoms with Gasteiger partial charge in [-0.25, -0.2) is 8.42 Å². The van der Waals surface area contributed by atoms with Gasteiger partial charge in [-0.3, -0.25) is 4.31 Å². The molecule has 0 heterocycles. The fourth-order valence-corrected chi connectivity index (χ4v) is 4.50. The van der Waals surface area contributed by atoms with Gasteiger partial charge in [0.05, 0.1) is 31.3 Å². The second kappa shape index (κ2) is 8.67. The Kier molecular flexibility index (Phi) is 6.26. The van der Waals surface area contributed by atoms with Gasteiger partial charge >= 0.3 is 0 Å². The zero-order valence-corrected chi connectivity index (χ0v) is 17.9. The number of halogens is 1. The first kappa shape index (κ1) is 20.2. The van der Waals surface area contributed by atoms with E-state index in [0.717, 1.165) is 10.0 Å². The van der Waals surface area contributed by atoms with E-state index >= 15 is 0 Å². The summed E-state index contributed by atoms with van der Waals surface area (Å²) in [5, 5.41) is 0. The highest BCUT2D eigenvalue weighted by molar-refractivity contribution is 9.10. The maximum absolute atomic E-state index is 13.4. The van der Waals surface area contributed by atoms with Crippen molar-refractivity contribution >= 4 is 31.6 Å². The van der Waals surface area contributed by atoms with Crippen LogP contribution in [0.4, 0.5) is 5.69 Å². The monoisotopic (exact) mass is 461 g/mol. The third-order valence-corrected chi connectivity index (χ3v) is 6.50. The molecule has 0 aliphatic heterocycles. The summed E-state index contributed by atoms with van der Waals surface area (Å²) in [5.74, 6) is 1.20. The van der Waals surface area contributed by atoms with Crippen molar-refractivity contribution in [1.82, 2.24) is 0 Å². The topological polar surface area (TPSA) is 55.8 Å². The SMILES string of the molecule is COc1cc(CN(c2ccc(Br)cc2)S(=O)(=O)c2ccccc2)cc(OC)c1. The molecule has 28 heavy (non-hydrogen) atoms. The number of sulfonamides is 1. The van der Waals surface area contributed by atoms with Crippen LogP contribution >= 0.6 is 15.9 Å². The van der Waals surface area contributed by atoms with Crippen molar-refractivity contribution in [1.29, 1.82) is 0 Å². The minimum Gasteiger partial charge on any atom is -0.497 e. The van der Waals surface area contributed by atoms with E-state index in [2.05, 4.69) is 15.9 Å². The molecule has 3 aromatic carbocycles. The first-order valence-electron chi connectivity index (χ1n) is 8.49. The highest BCUT2D eigenvalue weighted by Gasteiger charge is 2.25. The van der Waals surface area contributed by atoms with Gasteiger partial charge < -0.3 is 9.47 Å². The lowest BCUT2D eigenvalue weighted by atomic mass is 10.2. The van der Waals surface area contributed by atoms with Gasteiger partial charge in [0.25, 0.3) is 10.0 Å². The Labute approximate surface area is 173 Å². The van der Waals surface area contributed by atoms with Crippen molar-refractivity contribution in [2.75, 3.05) is 18.5 Å². The van der Waals surface area contributed by atoms with E-state index < -0.39 is 10.0 Å². The molecule has 0 saturated carbocycles. The average Bonchev–Trinajstić information content (AvgIpc) is 2.73. The fourth-order valence-electron chi connectivity index (χ4n) is 2.77. The molecule has 3 aromatic rings. The highest BCUT2D eigenvalue weighted by Crippen LogP contribution is 2.30. The molecule has 0 bridgehead atoms. The number of rotatable bonds is 7. The minimum atomic E-state index is -3.77. The Morgan fingerprint density at radius 2 is 1.43 bits per heavy atom. The Balaban J connectivity index is 2.08. The second-order valence-electron chi connectivity index (χ2n) is 6.02. The summed E-state index contributed by atoms with van der Waals surface area (Å²) >= 11 is 3.39. The van der Waals surface area contributed by atoms with Gasteiger partial charge in [-0.1, -0.05) is 34.1 Å². The molecule has 0 aromatic heterocycles. The maximum atomic E-state index is 13.4. The van der Waals surface area contributed by atoms with Crippen molar-refractivity contribution in [3.8, 4) is 11.5 Å². The van der Waals surface area contributed by atoms with Gasteiger partial charge in [0.2, 0.25) is 0 Å². The number of benzene rings is 3. The lowest BCUT2D eigenvalue weighted by Gasteiger charge is -2.25. The number of ether oxygens (including phenoxy) is 2. The van der Waals surface area contributed by atoms with Crippen molar-refractivity contribution in [2.24, 2.45) is 0 Å². The van der Waals surface area contributed by atoms with Gasteiger partial charge in [0, 0.05) is 10.5 Å². The quantitative estimate of drug-likeness (QED) is 0.503. The smallest absolute Gasteiger partial charge is 0.264 e. The molecule has 0 radical (unpaired) electrons. The molecule has 0 unspecified atom stereocenters. The van der Waals surface area contributed by atoms with Gasteiger partial charge in [0.15, 0.2) is 0 Å². The molecule has 0 N–H and O–H groups in total. The summed E-state index contributed by atoms with van der Waals surface area (Å²) in [5.41, 5.74) is 1.31. The lowest BCUT2D eigenvalue weighted by Crippen LogP contribution is -2.30. The van der Waals surface area contributed by atoms with Crippen LogP contribution in [0.1, 0.15) is 5.56 Å². The maximum Gasteiger partial charge on any atom is 0.264 e. The number of anilines is 1. The Bertz CT molecular complexity index is 1020. The summed E-state index contributed by atoms with van der Waals surface area (Å²) in [7, 11) is -0.645. The van der Waals surface area contributed by atoms with Crippen LogP contribution in [0.3, 0.4) is 0 Å². The molecule has 0 fully saturated rings. The predicted octanol–water partition coefficient (Wildman–Crippen LogP) is 4.86. The minimum absolute atomic E-state index is 0.131. The molecule has 0 saturated heterocycles. The molecule has 0 atom stereocenters. The van der Waals surface area contributed by atoms with Gasteiger partial charge in [0.1, 0.15) is 11.5 Å². The summed E-state index contributed by atoms with van der Waals surface area (Å²) in [4.78, 5) is 0.229. The lowest BCUT2D eigenvalue weighted by molar-refractivity contribution is 0.393. The zero-order chi connectivity index (χ0) is 20.1. The highest BCUT2D eigenvalue weighted by atomic mass is 79.9. The molecule has 5 nitrogen and oxygen atoms in total. The molecule has 3 rings (SSSR count). The van der Waals surface area contributed by atoms with Crippen LogP contribution in [0.2, 0.25) is 0 Å². The van der Waals surface area contributed by atoms with Crippen molar-refractivity contribution in [2.45, 2.75) is 11.4 Å². The van der Waals surface area contributed by atoms with Gasteiger partial charge in [-0.15, -0.1) is 0 Å². The number of methoxy groups -OCH3 is 2. The predicted molar refractivity (Wildman–Crippen MR) is 113 cm³/mol. The second-order valence-corrected chi connectivity index (χ2v) is 8.80. The van der Waals surface area contributed by atoms with Crippen LogP contribution in [0, 0.1) is 0 Å². The van der Waals surface area contributed by atoms with Crippen LogP contribution in [0.5, 0.6) is 11.5 Å². The van der Waals surface area contributed by atoms with Gasteiger partial charge in [-0.2, -0.15) is 0 Å². The van der Waals surface area contributed by atoms with Crippen molar-refractivity contribution < 1.29 is 17.9 Å². The third kappa shape index (κ3) is 4.48. The van der Waals surface area contributed by atoms with E-state index in [4.69, 9.17) is 9.47 Å². The van der Waals surface area contributed by atoms with Crippen LogP contribution in [0.25, 0.3) is 0 Å². The molecule has 0 aliphatic carbocycles. The van der Waals surface area contributed by atoms with E-state index in [9.17, 15) is 8.42 Å². The van der Waals surface area contributed by atoms with Gasteiger partial charge in [-0.05, 0) is 54.1 Å². The van der Waals surface area contributed by atoms with Crippen molar-refractivity contribution in [3.63, 3.8) is 0 Å². The summed E-state index contributed by atoms with van der Waals surface area (Å²) in [6.45, 7) is 0.131. The first-order chi connectivity index (χ1) is 13.4.